The molecule has 0 saturated heterocycles. The summed E-state index contributed by atoms with van der Waals surface area (Å²) in [5, 5.41) is 20.8. The first-order valence-corrected chi connectivity index (χ1v) is 21.5. The van der Waals surface area contributed by atoms with Crippen molar-refractivity contribution in [3.63, 3.8) is 0 Å². The summed E-state index contributed by atoms with van der Waals surface area (Å²) in [6.07, 6.45) is 7.55. The van der Waals surface area contributed by atoms with Gasteiger partial charge in [0, 0.05) is 47.2 Å². The third-order valence-electron chi connectivity index (χ3n) is 12.1. The van der Waals surface area contributed by atoms with Crippen LogP contribution in [0.25, 0.3) is 32.8 Å². The number of aromatic nitrogens is 7. The van der Waals surface area contributed by atoms with Crippen LogP contribution in [-0.2, 0) is 24.7 Å². The number of Topliss-reactive ketones (excluding diaryl/α,β-unsaturated/α-hetero) is 1. The second-order valence-electron chi connectivity index (χ2n) is 16.1. The van der Waals surface area contributed by atoms with Crippen molar-refractivity contribution >= 4 is 50.2 Å². The van der Waals surface area contributed by atoms with Gasteiger partial charge in [0.15, 0.2) is 0 Å². The zero-order valence-electron chi connectivity index (χ0n) is 34.8. The fourth-order valence-corrected chi connectivity index (χ4v) is 9.22. The lowest BCUT2D eigenvalue weighted by atomic mass is 9.73. The van der Waals surface area contributed by atoms with Crippen molar-refractivity contribution in [3.8, 4) is 5.75 Å². The van der Waals surface area contributed by atoms with Crippen LogP contribution in [0, 0.1) is 11.6 Å². The molecule has 9 rings (SSSR count). The summed E-state index contributed by atoms with van der Waals surface area (Å²) in [6, 6.07) is 29.5. The van der Waals surface area contributed by atoms with Crippen LogP contribution in [0.2, 0.25) is 5.02 Å². The highest BCUT2D eigenvalue weighted by Gasteiger charge is 2.38. The number of aryl methyl sites for hydroxylation is 1. The number of benzene rings is 5. The van der Waals surface area contributed by atoms with Crippen molar-refractivity contribution in [1.29, 1.82) is 0 Å². The predicted octanol–water partition coefficient (Wildman–Crippen LogP) is 10.5. The summed E-state index contributed by atoms with van der Waals surface area (Å²) >= 11 is 6.12. The fraction of sp³-hybridized carbons (Fsp3) is 0.240. The summed E-state index contributed by atoms with van der Waals surface area (Å²) in [5.74, 6) is 0.252. The number of nitrogens with zero attached hydrogens (tertiary/aromatic N) is 5. The molecule has 2 N–H and O–H groups in total. The fourth-order valence-electron chi connectivity index (χ4n) is 9.06. The summed E-state index contributed by atoms with van der Waals surface area (Å²) in [6.45, 7) is 2.53. The number of carbonyl (C=O) groups excluding carboxylic acids is 1. The van der Waals surface area contributed by atoms with Crippen molar-refractivity contribution in [2.75, 3.05) is 6.61 Å². The van der Waals surface area contributed by atoms with Crippen LogP contribution in [0.3, 0.4) is 0 Å². The zero-order valence-corrected chi connectivity index (χ0v) is 35.6. The van der Waals surface area contributed by atoms with Gasteiger partial charge in [0.05, 0.1) is 35.3 Å². The molecule has 13 heteroatoms. The van der Waals surface area contributed by atoms with Gasteiger partial charge < -0.3 is 4.74 Å². The van der Waals surface area contributed by atoms with E-state index in [-0.39, 0.29) is 28.8 Å². The lowest BCUT2D eigenvalue weighted by molar-refractivity contribution is -0.118. The van der Waals surface area contributed by atoms with Crippen LogP contribution in [0.15, 0.2) is 114 Å². The average molecular weight is 864 g/mol. The Morgan fingerprint density at radius 3 is 2.49 bits per heavy atom. The number of ketones is 1. The molecule has 0 bridgehead atoms. The van der Waals surface area contributed by atoms with E-state index in [1.54, 1.807) is 23.0 Å². The van der Waals surface area contributed by atoms with Crippen molar-refractivity contribution in [1.82, 2.24) is 35.2 Å². The lowest BCUT2D eigenvalue weighted by Crippen LogP contribution is -2.27. The Morgan fingerprint density at radius 2 is 1.73 bits per heavy atom. The van der Waals surface area contributed by atoms with Gasteiger partial charge in [-0.1, -0.05) is 67.1 Å². The number of unbranched alkanes of at least 4 members (excludes halogenated alkanes) is 2. The molecular weight excluding hydrogens is 820 g/mol. The molecule has 63 heavy (non-hydrogen) atoms. The first-order valence-electron chi connectivity index (χ1n) is 21.2. The minimum absolute atomic E-state index is 0.161. The molecule has 1 aliphatic carbocycles. The van der Waals surface area contributed by atoms with Crippen LogP contribution in [0.5, 0.6) is 5.75 Å². The molecule has 10 nitrogen and oxygen atoms in total. The maximum absolute atomic E-state index is 15.3. The van der Waals surface area contributed by atoms with E-state index in [0.29, 0.717) is 59.8 Å². The Morgan fingerprint density at radius 1 is 0.921 bits per heavy atom. The number of ether oxygens (including phenoxy) is 1. The molecule has 318 valence electrons. The van der Waals surface area contributed by atoms with E-state index in [1.165, 1.54) is 24.5 Å². The third-order valence-corrected chi connectivity index (χ3v) is 12.3. The van der Waals surface area contributed by atoms with Crippen LogP contribution in [0.1, 0.15) is 95.8 Å². The maximum Gasteiger partial charge on any atom is 0.272 e. The minimum atomic E-state index is -0.469. The van der Waals surface area contributed by atoms with Crippen molar-refractivity contribution in [2.45, 2.75) is 63.7 Å². The molecule has 0 aliphatic heterocycles. The summed E-state index contributed by atoms with van der Waals surface area (Å²) in [5.41, 5.74) is 7.92. The number of hydrogen-bond acceptors (Lipinski definition) is 7. The van der Waals surface area contributed by atoms with Crippen molar-refractivity contribution < 1.29 is 18.3 Å². The Kier molecular flexibility index (Phi) is 11.8. The summed E-state index contributed by atoms with van der Waals surface area (Å²) in [7, 11) is 1.82. The lowest BCUT2D eigenvalue weighted by Gasteiger charge is -2.32. The molecule has 3 aromatic heterocycles. The molecule has 0 amide bonds. The van der Waals surface area contributed by atoms with E-state index in [1.807, 2.05) is 74.6 Å². The van der Waals surface area contributed by atoms with Gasteiger partial charge in [0.1, 0.15) is 35.3 Å². The van der Waals surface area contributed by atoms with E-state index < -0.39 is 11.4 Å². The molecule has 0 fully saturated rings. The molecule has 3 heterocycles. The van der Waals surface area contributed by atoms with Crippen molar-refractivity contribution in [2.24, 2.45) is 7.05 Å². The second-order valence-corrected chi connectivity index (χ2v) is 16.5. The number of fused-ring (bicyclic) bond motifs is 1. The van der Waals surface area contributed by atoms with Gasteiger partial charge in [-0.2, -0.15) is 15.3 Å². The van der Waals surface area contributed by atoms with Crippen molar-refractivity contribution in [3.05, 3.63) is 181 Å². The largest absolute Gasteiger partial charge is 0.494 e. The van der Waals surface area contributed by atoms with Gasteiger partial charge in [-0.15, -0.1) is 0 Å². The molecule has 0 unspecified atom stereocenters. The molecule has 0 saturated carbocycles. The number of allylic oxidation sites excluding steroid dienone is 1. The third kappa shape index (κ3) is 8.55. The highest BCUT2D eigenvalue weighted by Crippen LogP contribution is 2.46. The van der Waals surface area contributed by atoms with Gasteiger partial charge in [0.2, 0.25) is 0 Å². The quantitative estimate of drug-likeness (QED) is 0.0775. The van der Waals surface area contributed by atoms with E-state index in [0.717, 1.165) is 74.9 Å². The predicted molar refractivity (Wildman–Crippen MR) is 241 cm³/mol. The molecule has 1 aliphatic rings. The smallest absolute Gasteiger partial charge is 0.272 e. The zero-order chi connectivity index (χ0) is 43.6. The Hall–Kier alpha value is -6.79. The highest BCUT2D eigenvalue weighted by atomic mass is 35.5. The van der Waals surface area contributed by atoms with Gasteiger partial charge in [-0.3, -0.25) is 19.4 Å². The van der Waals surface area contributed by atoms with Crippen LogP contribution >= 0.6 is 11.6 Å². The Balaban J connectivity index is 0.804. The number of nitrogens with one attached hydrogen (secondary N) is 2. The number of carbonyl (C=O) groups is 1. The Bertz CT molecular complexity index is 3070. The Labute approximate surface area is 367 Å². The maximum atomic E-state index is 15.3. The molecule has 2 atom stereocenters. The van der Waals surface area contributed by atoms with E-state index >= 15 is 4.39 Å². The number of aromatic amines is 2. The number of halogens is 3. The first kappa shape index (κ1) is 41.6. The number of rotatable bonds is 15. The van der Waals surface area contributed by atoms with Crippen LogP contribution < -0.4 is 10.3 Å². The van der Waals surface area contributed by atoms with E-state index in [4.69, 9.17) is 16.3 Å². The monoisotopic (exact) mass is 863 g/mol. The van der Waals surface area contributed by atoms with Gasteiger partial charge >= 0.3 is 0 Å². The molecule has 5 aromatic carbocycles. The SMILES string of the molecule is CC/C(=C(/c1ccc(OCCCCCC(=O)Cc2ccc([C@H]3Cc4cc(F)cc5c(=O)[nH]nc(c45)[C@@H]3c3ncnn3C)cc2)cc1)c1ccc2[nH]ncc2c1)c1ccc(Cl)cc1F. The molecule has 0 radical (unpaired) electrons. The van der Waals surface area contributed by atoms with Gasteiger partial charge in [-0.05, 0) is 120 Å². The summed E-state index contributed by atoms with van der Waals surface area (Å²) in [4.78, 5) is 30.3. The van der Waals surface area contributed by atoms with E-state index in [9.17, 15) is 14.0 Å². The normalized spacial score (nSPS) is 15.2. The highest BCUT2D eigenvalue weighted by molar-refractivity contribution is 6.30. The average Bonchev–Trinajstić information content (AvgIpc) is 3.94. The molecular formula is C50H44ClF2N7O3. The number of H-pyrrole nitrogens is 2. The van der Waals surface area contributed by atoms with Gasteiger partial charge in [0.25, 0.3) is 5.56 Å². The summed E-state index contributed by atoms with van der Waals surface area (Å²) < 4.78 is 37.9. The molecule has 8 aromatic rings. The first-order chi connectivity index (χ1) is 30.6. The topological polar surface area (TPSA) is 131 Å². The number of hydrogen-bond donors (Lipinski definition) is 2. The van der Waals surface area contributed by atoms with E-state index in [2.05, 4.69) is 36.5 Å². The van der Waals surface area contributed by atoms with Gasteiger partial charge in [-0.25, -0.2) is 18.9 Å². The minimum Gasteiger partial charge on any atom is -0.494 e. The standard InChI is InChI=1S/C50H44ClF2N7O3/c1-3-39(40-18-15-35(51)25-43(40)53)45(32-14-19-44-34(22-32)27-55-57-44)31-12-16-38(17-13-31)63-20-6-4-5-7-37(61)21-29-8-10-30(11-9-29)41-24-33-23-36(52)26-42-46(33)48(58-59-50(42)62)47(41)49-54-28-56-60(49)2/h8-19,22-23,25-28,41,47H,3-7,20-21,24H2,1-2H3,(H,55,57)(H,59,62)/b45-39+/t41-,47-/m1/s1. The molecule has 0 spiro atoms. The second kappa shape index (κ2) is 17.9. The van der Waals surface area contributed by atoms with Crippen LogP contribution in [0.4, 0.5) is 8.78 Å². The van der Waals surface area contributed by atoms with Crippen LogP contribution in [-0.4, -0.2) is 47.5 Å².